The number of rotatable bonds is 3. The molecule has 0 fully saturated rings. The molecule has 0 aliphatic heterocycles. The van der Waals surface area contributed by atoms with Crippen LogP contribution in [0, 0.1) is 0 Å². The minimum absolute atomic E-state index is 0.334. The van der Waals surface area contributed by atoms with Crippen LogP contribution in [0.4, 0.5) is 10.6 Å². The number of imidazole rings is 1. The van der Waals surface area contributed by atoms with Crippen LogP contribution in [0.15, 0.2) is 48.7 Å². The van der Waals surface area contributed by atoms with E-state index in [1.165, 1.54) is 7.05 Å². The summed E-state index contributed by atoms with van der Waals surface area (Å²) < 4.78 is 7.18. The van der Waals surface area contributed by atoms with E-state index in [4.69, 9.17) is 4.74 Å². The van der Waals surface area contributed by atoms with Crippen LogP contribution >= 0.6 is 0 Å². The monoisotopic (exact) mass is 283 g/mol. The first-order valence-electron chi connectivity index (χ1n) is 6.33. The smallest absolute Gasteiger partial charge is 0.320 e. The van der Waals surface area contributed by atoms with Gasteiger partial charge in [-0.05, 0) is 18.2 Å². The first-order chi connectivity index (χ1) is 10.2. The second-order valence-electron chi connectivity index (χ2n) is 4.22. The molecule has 0 spiro atoms. The first-order valence-corrected chi connectivity index (χ1v) is 6.33. The molecule has 0 aliphatic carbocycles. The number of aromatic nitrogens is 3. The van der Waals surface area contributed by atoms with Crippen molar-refractivity contribution in [3.05, 3.63) is 48.7 Å². The maximum Gasteiger partial charge on any atom is 0.320 e. The lowest BCUT2D eigenvalue weighted by Gasteiger charge is -2.03. The number of amides is 2. The zero-order chi connectivity index (χ0) is 14.7. The standard InChI is InChI=1S/C14H13N5O2/c1-15-14(20)17-11-9-19-12(16-11)7-8-13(18-19)21-10-5-3-2-4-6-10/h2-9H,1H3,(H2,15,17,20). The summed E-state index contributed by atoms with van der Waals surface area (Å²) in [6, 6.07) is 12.5. The van der Waals surface area contributed by atoms with Crippen LogP contribution in [-0.4, -0.2) is 27.7 Å². The topological polar surface area (TPSA) is 80.6 Å². The number of hydrogen-bond acceptors (Lipinski definition) is 4. The van der Waals surface area contributed by atoms with Crippen LogP contribution < -0.4 is 15.4 Å². The molecule has 2 N–H and O–H groups in total. The lowest BCUT2D eigenvalue weighted by Crippen LogP contribution is -2.24. The fourth-order valence-corrected chi connectivity index (χ4v) is 1.77. The molecule has 21 heavy (non-hydrogen) atoms. The Bertz CT molecular complexity index is 769. The third-order valence-electron chi connectivity index (χ3n) is 2.73. The number of ether oxygens (including phenoxy) is 1. The Balaban J connectivity index is 1.84. The number of nitrogens with zero attached hydrogens (tertiary/aromatic N) is 3. The molecule has 0 bridgehead atoms. The van der Waals surface area contributed by atoms with E-state index in [1.807, 2.05) is 30.3 Å². The van der Waals surface area contributed by atoms with Crippen LogP contribution in [-0.2, 0) is 0 Å². The highest BCUT2D eigenvalue weighted by Gasteiger charge is 2.07. The molecule has 3 aromatic rings. The van der Waals surface area contributed by atoms with E-state index in [2.05, 4.69) is 20.7 Å². The molecule has 0 atom stereocenters. The van der Waals surface area contributed by atoms with Crippen molar-refractivity contribution in [1.29, 1.82) is 0 Å². The minimum Gasteiger partial charge on any atom is -0.438 e. The van der Waals surface area contributed by atoms with Crippen LogP contribution in [0.5, 0.6) is 11.6 Å². The second kappa shape index (κ2) is 5.49. The molecule has 7 nitrogen and oxygen atoms in total. The molecular weight excluding hydrogens is 270 g/mol. The highest BCUT2D eigenvalue weighted by atomic mass is 16.5. The molecular formula is C14H13N5O2. The Morgan fingerprint density at radius 1 is 1.19 bits per heavy atom. The van der Waals surface area contributed by atoms with E-state index in [1.54, 1.807) is 22.8 Å². The SMILES string of the molecule is CNC(=O)Nc1cn2nc(Oc3ccccc3)ccc2n1. The summed E-state index contributed by atoms with van der Waals surface area (Å²) >= 11 is 0. The Morgan fingerprint density at radius 3 is 2.76 bits per heavy atom. The number of benzene rings is 1. The van der Waals surface area contributed by atoms with Gasteiger partial charge in [0.1, 0.15) is 5.75 Å². The molecule has 106 valence electrons. The van der Waals surface area contributed by atoms with Crippen LogP contribution in [0.3, 0.4) is 0 Å². The zero-order valence-electron chi connectivity index (χ0n) is 11.3. The van der Waals surface area contributed by atoms with Crippen molar-refractivity contribution in [2.75, 3.05) is 12.4 Å². The Hall–Kier alpha value is -3.09. The van der Waals surface area contributed by atoms with Crippen molar-refractivity contribution in [3.63, 3.8) is 0 Å². The summed E-state index contributed by atoms with van der Waals surface area (Å²) in [4.78, 5) is 15.5. The van der Waals surface area contributed by atoms with Gasteiger partial charge in [-0.15, -0.1) is 5.10 Å². The van der Waals surface area contributed by atoms with Crippen molar-refractivity contribution < 1.29 is 9.53 Å². The highest BCUT2D eigenvalue weighted by molar-refractivity contribution is 5.88. The molecule has 0 saturated carbocycles. The van der Waals surface area contributed by atoms with E-state index in [-0.39, 0.29) is 6.03 Å². The number of nitrogens with one attached hydrogen (secondary N) is 2. The normalized spacial score (nSPS) is 10.3. The van der Waals surface area contributed by atoms with E-state index in [9.17, 15) is 4.79 Å². The molecule has 0 saturated heterocycles. The van der Waals surface area contributed by atoms with E-state index in [0.29, 0.717) is 23.1 Å². The van der Waals surface area contributed by atoms with Gasteiger partial charge in [-0.25, -0.2) is 14.3 Å². The number of fused-ring (bicyclic) bond motifs is 1. The van der Waals surface area contributed by atoms with E-state index in [0.717, 1.165) is 0 Å². The first kappa shape index (κ1) is 12.9. The molecule has 3 rings (SSSR count). The minimum atomic E-state index is -0.334. The van der Waals surface area contributed by atoms with Gasteiger partial charge in [0, 0.05) is 13.1 Å². The Labute approximate surface area is 120 Å². The van der Waals surface area contributed by atoms with Crippen molar-refractivity contribution in [1.82, 2.24) is 19.9 Å². The van der Waals surface area contributed by atoms with Crippen LogP contribution in [0.1, 0.15) is 0 Å². The molecule has 2 heterocycles. The number of para-hydroxylation sites is 1. The van der Waals surface area contributed by atoms with Gasteiger partial charge in [-0.1, -0.05) is 18.2 Å². The number of anilines is 1. The van der Waals surface area contributed by atoms with E-state index < -0.39 is 0 Å². The summed E-state index contributed by atoms with van der Waals surface area (Å²) in [5, 5.41) is 9.33. The predicted molar refractivity (Wildman–Crippen MR) is 77.6 cm³/mol. The van der Waals surface area contributed by atoms with Gasteiger partial charge in [0.2, 0.25) is 5.88 Å². The average molecular weight is 283 g/mol. The average Bonchev–Trinajstić information content (AvgIpc) is 2.89. The van der Waals surface area contributed by atoms with Gasteiger partial charge < -0.3 is 10.1 Å². The lowest BCUT2D eigenvalue weighted by atomic mass is 10.3. The molecule has 0 unspecified atom stereocenters. The Kier molecular flexibility index (Phi) is 3.38. The van der Waals surface area contributed by atoms with Crippen molar-refractivity contribution >= 4 is 17.5 Å². The van der Waals surface area contributed by atoms with Gasteiger partial charge in [0.05, 0.1) is 6.20 Å². The maximum atomic E-state index is 11.2. The number of carbonyl (C=O) groups is 1. The zero-order valence-corrected chi connectivity index (χ0v) is 11.3. The third-order valence-corrected chi connectivity index (χ3v) is 2.73. The van der Waals surface area contributed by atoms with Crippen LogP contribution in [0.25, 0.3) is 5.65 Å². The Morgan fingerprint density at radius 2 is 2.00 bits per heavy atom. The second-order valence-corrected chi connectivity index (χ2v) is 4.22. The third kappa shape index (κ3) is 2.92. The summed E-state index contributed by atoms with van der Waals surface area (Å²) in [7, 11) is 1.54. The fraction of sp³-hybridized carbons (Fsp3) is 0.0714. The van der Waals surface area contributed by atoms with Gasteiger partial charge >= 0.3 is 6.03 Å². The van der Waals surface area contributed by atoms with Gasteiger partial charge in [0.25, 0.3) is 0 Å². The number of hydrogen-bond donors (Lipinski definition) is 2. The lowest BCUT2D eigenvalue weighted by molar-refractivity contribution is 0.254. The molecule has 1 aromatic carbocycles. The van der Waals surface area contributed by atoms with E-state index >= 15 is 0 Å². The maximum absolute atomic E-state index is 11.2. The molecule has 7 heteroatoms. The van der Waals surface area contributed by atoms with Crippen molar-refractivity contribution in [3.8, 4) is 11.6 Å². The summed E-state index contributed by atoms with van der Waals surface area (Å²) in [6.45, 7) is 0. The summed E-state index contributed by atoms with van der Waals surface area (Å²) in [6.07, 6.45) is 1.61. The van der Waals surface area contributed by atoms with Gasteiger partial charge in [-0.2, -0.15) is 0 Å². The highest BCUT2D eigenvalue weighted by Crippen LogP contribution is 2.19. The summed E-state index contributed by atoms with van der Waals surface area (Å²) in [5.74, 6) is 1.56. The molecule has 2 amide bonds. The summed E-state index contributed by atoms with van der Waals surface area (Å²) in [5.41, 5.74) is 0.613. The van der Waals surface area contributed by atoms with Crippen molar-refractivity contribution in [2.24, 2.45) is 0 Å². The predicted octanol–water partition coefficient (Wildman–Crippen LogP) is 2.27. The molecule has 2 aromatic heterocycles. The quantitative estimate of drug-likeness (QED) is 0.772. The molecule has 0 radical (unpaired) electrons. The number of carbonyl (C=O) groups excluding carboxylic acids is 1. The largest absolute Gasteiger partial charge is 0.438 e. The van der Waals surface area contributed by atoms with Gasteiger partial charge in [0.15, 0.2) is 11.5 Å². The van der Waals surface area contributed by atoms with Crippen LogP contribution in [0.2, 0.25) is 0 Å². The van der Waals surface area contributed by atoms with Gasteiger partial charge in [-0.3, -0.25) is 5.32 Å². The van der Waals surface area contributed by atoms with Crippen molar-refractivity contribution in [2.45, 2.75) is 0 Å². The fourth-order valence-electron chi connectivity index (χ4n) is 1.77. The number of urea groups is 1. The molecule has 0 aliphatic rings.